The molecule has 0 aliphatic heterocycles. The number of pyridine rings is 1. The second-order valence-electron chi connectivity index (χ2n) is 3.69. The molecule has 88 valence electrons. The van der Waals surface area contributed by atoms with Crippen LogP contribution in [0.2, 0.25) is 0 Å². The summed E-state index contributed by atoms with van der Waals surface area (Å²) in [5.74, 6) is -1.34. The van der Waals surface area contributed by atoms with Gasteiger partial charge in [-0.25, -0.2) is 8.78 Å². The van der Waals surface area contributed by atoms with Gasteiger partial charge in [0, 0.05) is 29.7 Å². The lowest BCUT2D eigenvalue weighted by atomic mass is 10.00. The Kier molecular flexibility index (Phi) is 3.01. The summed E-state index contributed by atoms with van der Waals surface area (Å²) >= 11 is 0. The predicted molar refractivity (Wildman–Crippen MR) is 61.0 cm³/mol. The molecular formula is C12H11F2N3. The van der Waals surface area contributed by atoms with Gasteiger partial charge in [0.1, 0.15) is 11.6 Å². The summed E-state index contributed by atoms with van der Waals surface area (Å²) in [5.41, 5.74) is 12.9. The normalized spacial score (nSPS) is 12.4. The van der Waals surface area contributed by atoms with Crippen molar-refractivity contribution in [1.29, 1.82) is 0 Å². The van der Waals surface area contributed by atoms with Crippen molar-refractivity contribution in [2.45, 2.75) is 6.04 Å². The number of hydrogen-bond acceptors (Lipinski definition) is 3. The molecule has 4 N–H and O–H groups in total. The molecule has 0 bridgehead atoms. The molecule has 0 fully saturated rings. The molecular weight excluding hydrogens is 224 g/mol. The van der Waals surface area contributed by atoms with Gasteiger partial charge in [-0.2, -0.15) is 0 Å². The molecule has 0 spiro atoms. The lowest BCUT2D eigenvalue weighted by molar-refractivity contribution is 0.577. The number of benzene rings is 1. The highest BCUT2D eigenvalue weighted by atomic mass is 19.1. The van der Waals surface area contributed by atoms with Gasteiger partial charge in [-0.15, -0.1) is 0 Å². The standard InChI is InChI=1S/C12H11F2N3/c13-8-3-7(4-9(14)5-8)12(16)10-6-17-2-1-11(10)15/h1-6,12H,16H2,(H2,15,17). The van der Waals surface area contributed by atoms with E-state index in [-0.39, 0.29) is 0 Å². The molecule has 0 aliphatic carbocycles. The molecule has 0 saturated heterocycles. The molecule has 1 heterocycles. The summed E-state index contributed by atoms with van der Waals surface area (Å²) in [6, 6.07) is 4.04. The summed E-state index contributed by atoms with van der Waals surface area (Å²) in [7, 11) is 0. The van der Waals surface area contributed by atoms with Crippen molar-refractivity contribution >= 4 is 5.69 Å². The molecule has 1 aromatic heterocycles. The quantitative estimate of drug-likeness (QED) is 0.836. The Bertz CT molecular complexity index is 523. The molecule has 1 unspecified atom stereocenters. The maximum atomic E-state index is 13.1. The molecule has 5 heteroatoms. The summed E-state index contributed by atoms with van der Waals surface area (Å²) < 4.78 is 26.1. The van der Waals surface area contributed by atoms with Crippen molar-refractivity contribution in [3.8, 4) is 0 Å². The first kappa shape index (κ1) is 11.5. The third-order valence-electron chi connectivity index (χ3n) is 2.47. The van der Waals surface area contributed by atoms with Crippen LogP contribution in [-0.2, 0) is 0 Å². The highest BCUT2D eigenvalue weighted by molar-refractivity contribution is 5.49. The lowest BCUT2D eigenvalue weighted by Gasteiger charge is -2.14. The zero-order chi connectivity index (χ0) is 12.4. The number of nitrogen functional groups attached to an aromatic ring is 1. The topological polar surface area (TPSA) is 64.9 Å². The maximum absolute atomic E-state index is 13.1. The van der Waals surface area contributed by atoms with Crippen LogP contribution in [0, 0.1) is 11.6 Å². The second kappa shape index (κ2) is 4.47. The molecule has 2 rings (SSSR count). The van der Waals surface area contributed by atoms with Gasteiger partial charge in [-0.05, 0) is 23.8 Å². The highest BCUT2D eigenvalue weighted by Crippen LogP contribution is 2.24. The zero-order valence-electron chi connectivity index (χ0n) is 8.90. The van der Waals surface area contributed by atoms with E-state index in [0.717, 1.165) is 6.07 Å². The minimum absolute atomic E-state index is 0.321. The molecule has 0 aliphatic rings. The van der Waals surface area contributed by atoms with Gasteiger partial charge in [0.15, 0.2) is 0 Å². The summed E-state index contributed by atoms with van der Waals surface area (Å²) in [6.45, 7) is 0. The Hall–Kier alpha value is -2.01. The molecule has 0 saturated carbocycles. The van der Waals surface area contributed by atoms with E-state index in [2.05, 4.69) is 4.98 Å². The van der Waals surface area contributed by atoms with E-state index >= 15 is 0 Å². The minimum atomic E-state index is -0.700. The number of halogens is 2. The third-order valence-corrected chi connectivity index (χ3v) is 2.47. The fourth-order valence-electron chi connectivity index (χ4n) is 1.61. The number of rotatable bonds is 2. The fraction of sp³-hybridized carbons (Fsp3) is 0.0833. The lowest BCUT2D eigenvalue weighted by Crippen LogP contribution is -2.14. The Labute approximate surface area is 97.1 Å². The van der Waals surface area contributed by atoms with E-state index < -0.39 is 17.7 Å². The van der Waals surface area contributed by atoms with Crippen molar-refractivity contribution in [2.75, 3.05) is 5.73 Å². The van der Waals surface area contributed by atoms with Crippen LogP contribution in [0.15, 0.2) is 36.7 Å². The van der Waals surface area contributed by atoms with E-state index in [1.54, 1.807) is 6.07 Å². The third kappa shape index (κ3) is 2.39. The van der Waals surface area contributed by atoms with Gasteiger partial charge in [0.05, 0.1) is 6.04 Å². The molecule has 1 atom stereocenters. The number of nitrogens with two attached hydrogens (primary N) is 2. The van der Waals surface area contributed by atoms with Crippen LogP contribution in [0.3, 0.4) is 0 Å². The van der Waals surface area contributed by atoms with Gasteiger partial charge in [-0.3, -0.25) is 4.98 Å². The van der Waals surface area contributed by atoms with Crippen LogP contribution in [0.4, 0.5) is 14.5 Å². The van der Waals surface area contributed by atoms with Crippen LogP contribution < -0.4 is 11.5 Å². The van der Waals surface area contributed by atoms with Crippen molar-refractivity contribution in [2.24, 2.45) is 5.73 Å². The van der Waals surface area contributed by atoms with Crippen LogP contribution in [0.5, 0.6) is 0 Å². The Morgan fingerprint density at radius 3 is 2.35 bits per heavy atom. The van der Waals surface area contributed by atoms with E-state index in [1.807, 2.05) is 0 Å². The monoisotopic (exact) mass is 235 g/mol. The second-order valence-corrected chi connectivity index (χ2v) is 3.69. The van der Waals surface area contributed by atoms with Crippen LogP contribution in [0.1, 0.15) is 17.2 Å². The molecule has 0 amide bonds. The van der Waals surface area contributed by atoms with Crippen molar-refractivity contribution < 1.29 is 8.78 Å². The van der Waals surface area contributed by atoms with Gasteiger partial charge < -0.3 is 11.5 Å². The van der Waals surface area contributed by atoms with E-state index in [0.29, 0.717) is 16.8 Å². The van der Waals surface area contributed by atoms with E-state index in [9.17, 15) is 8.78 Å². The zero-order valence-corrected chi connectivity index (χ0v) is 8.90. The van der Waals surface area contributed by atoms with Gasteiger partial charge >= 0.3 is 0 Å². The number of anilines is 1. The number of aromatic nitrogens is 1. The van der Waals surface area contributed by atoms with Gasteiger partial charge in [-0.1, -0.05) is 0 Å². The van der Waals surface area contributed by atoms with Crippen LogP contribution >= 0.6 is 0 Å². The van der Waals surface area contributed by atoms with E-state index in [4.69, 9.17) is 11.5 Å². The fourth-order valence-corrected chi connectivity index (χ4v) is 1.61. The average molecular weight is 235 g/mol. The smallest absolute Gasteiger partial charge is 0.126 e. The maximum Gasteiger partial charge on any atom is 0.126 e. The van der Waals surface area contributed by atoms with Crippen molar-refractivity contribution in [1.82, 2.24) is 4.98 Å². The SMILES string of the molecule is Nc1ccncc1C(N)c1cc(F)cc(F)c1. The van der Waals surface area contributed by atoms with Crippen LogP contribution in [0.25, 0.3) is 0 Å². The van der Waals surface area contributed by atoms with Crippen molar-refractivity contribution in [3.05, 3.63) is 59.4 Å². The Balaban J connectivity index is 2.43. The molecule has 17 heavy (non-hydrogen) atoms. The largest absolute Gasteiger partial charge is 0.398 e. The molecule has 1 aromatic carbocycles. The average Bonchev–Trinajstić information content (AvgIpc) is 2.27. The summed E-state index contributed by atoms with van der Waals surface area (Å²) in [4.78, 5) is 3.89. The van der Waals surface area contributed by atoms with Gasteiger partial charge in [0.2, 0.25) is 0 Å². The van der Waals surface area contributed by atoms with Crippen LogP contribution in [-0.4, -0.2) is 4.98 Å². The first-order valence-electron chi connectivity index (χ1n) is 4.99. The van der Waals surface area contributed by atoms with Gasteiger partial charge in [0.25, 0.3) is 0 Å². The van der Waals surface area contributed by atoms with Crippen molar-refractivity contribution in [3.63, 3.8) is 0 Å². The first-order chi connectivity index (χ1) is 8.08. The predicted octanol–water partition coefficient (Wildman–Crippen LogP) is 1.99. The molecule has 0 radical (unpaired) electrons. The summed E-state index contributed by atoms with van der Waals surface area (Å²) in [6.07, 6.45) is 3.01. The molecule has 3 nitrogen and oxygen atoms in total. The highest BCUT2D eigenvalue weighted by Gasteiger charge is 2.14. The number of nitrogens with zero attached hydrogens (tertiary/aromatic N) is 1. The minimum Gasteiger partial charge on any atom is -0.398 e. The first-order valence-corrected chi connectivity index (χ1v) is 4.99. The molecule has 2 aromatic rings. The summed E-state index contributed by atoms with van der Waals surface area (Å²) in [5, 5.41) is 0. The Morgan fingerprint density at radius 1 is 1.12 bits per heavy atom. The Morgan fingerprint density at radius 2 is 1.76 bits per heavy atom. The van der Waals surface area contributed by atoms with E-state index in [1.165, 1.54) is 24.5 Å². The number of hydrogen-bond donors (Lipinski definition) is 2.